The van der Waals surface area contributed by atoms with Crippen LogP contribution >= 0.6 is 0 Å². The summed E-state index contributed by atoms with van der Waals surface area (Å²) in [6.45, 7) is 1.46. The fraction of sp³-hybridized carbons (Fsp3) is 0.0800. The molecule has 0 aromatic heterocycles. The molecule has 3 aromatic rings. The van der Waals surface area contributed by atoms with E-state index in [0.29, 0.717) is 22.4 Å². The lowest BCUT2D eigenvalue weighted by molar-refractivity contribution is -0.132. The van der Waals surface area contributed by atoms with E-state index in [-0.39, 0.29) is 17.1 Å². The van der Waals surface area contributed by atoms with E-state index in [2.05, 4.69) is 0 Å². The molecule has 1 fully saturated rings. The zero-order chi connectivity index (χ0) is 21.3. The predicted octanol–water partition coefficient (Wildman–Crippen LogP) is 4.52. The quantitative estimate of drug-likeness (QED) is 0.304. The van der Waals surface area contributed by atoms with Crippen LogP contribution in [0.2, 0.25) is 0 Å². The van der Waals surface area contributed by atoms with Crippen molar-refractivity contribution in [1.82, 2.24) is 0 Å². The van der Waals surface area contributed by atoms with Crippen LogP contribution in [0.25, 0.3) is 5.76 Å². The minimum absolute atomic E-state index is 0.0352. The molecule has 3 aromatic carbocycles. The van der Waals surface area contributed by atoms with E-state index in [1.807, 2.05) is 30.3 Å². The minimum Gasteiger partial charge on any atom is -0.507 e. The molecular formula is C25H19NO4. The van der Waals surface area contributed by atoms with Crippen molar-refractivity contribution in [1.29, 1.82) is 0 Å². The van der Waals surface area contributed by atoms with E-state index >= 15 is 0 Å². The molecule has 148 valence electrons. The van der Waals surface area contributed by atoms with Crippen molar-refractivity contribution in [3.8, 4) is 0 Å². The summed E-state index contributed by atoms with van der Waals surface area (Å²) in [5, 5.41) is 11.0. The fourth-order valence-corrected chi connectivity index (χ4v) is 3.66. The third-order valence-corrected chi connectivity index (χ3v) is 5.16. The van der Waals surface area contributed by atoms with Gasteiger partial charge in [0.05, 0.1) is 11.6 Å². The van der Waals surface area contributed by atoms with Gasteiger partial charge in [-0.15, -0.1) is 0 Å². The molecule has 1 heterocycles. The number of hydrogen-bond acceptors (Lipinski definition) is 4. The summed E-state index contributed by atoms with van der Waals surface area (Å²) in [6.07, 6.45) is 0. The maximum absolute atomic E-state index is 13.0. The number of Topliss-reactive ketones (excluding diaryl/α,β-unsaturated/α-hetero) is 2. The Morgan fingerprint density at radius 3 is 1.93 bits per heavy atom. The lowest BCUT2D eigenvalue weighted by Gasteiger charge is -2.25. The molecular weight excluding hydrogens is 378 g/mol. The molecule has 30 heavy (non-hydrogen) atoms. The fourth-order valence-electron chi connectivity index (χ4n) is 3.66. The molecule has 0 radical (unpaired) electrons. The zero-order valence-electron chi connectivity index (χ0n) is 16.3. The molecule has 0 spiro atoms. The van der Waals surface area contributed by atoms with E-state index in [4.69, 9.17) is 0 Å². The summed E-state index contributed by atoms with van der Waals surface area (Å²) in [5.41, 5.74) is 2.18. The van der Waals surface area contributed by atoms with Gasteiger partial charge in [-0.1, -0.05) is 60.7 Å². The van der Waals surface area contributed by atoms with Crippen LogP contribution < -0.4 is 4.90 Å². The van der Waals surface area contributed by atoms with Gasteiger partial charge in [0, 0.05) is 16.8 Å². The van der Waals surface area contributed by atoms with Crippen molar-refractivity contribution in [2.24, 2.45) is 0 Å². The number of aliphatic hydroxyl groups is 1. The van der Waals surface area contributed by atoms with Gasteiger partial charge in [-0.3, -0.25) is 19.3 Å². The number of amides is 1. The van der Waals surface area contributed by atoms with Gasteiger partial charge < -0.3 is 5.11 Å². The van der Waals surface area contributed by atoms with E-state index in [0.717, 1.165) is 0 Å². The maximum atomic E-state index is 13.0. The SMILES string of the molecule is CC(=O)c1ccc(N2C(=O)C(=O)C(=C(O)c3ccccc3)C2c2ccccc2)cc1. The molecule has 5 heteroatoms. The van der Waals surface area contributed by atoms with Crippen LogP contribution in [0.4, 0.5) is 5.69 Å². The first kappa shape index (κ1) is 19.3. The van der Waals surface area contributed by atoms with Gasteiger partial charge in [0.25, 0.3) is 11.7 Å². The van der Waals surface area contributed by atoms with E-state index in [1.54, 1.807) is 54.6 Å². The molecule has 0 saturated carbocycles. The number of ketones is 2. The van der Waals surface area contributed by atoms with Gasteiger partial charge >= 0.3 is 0 Å². The van der Waals surface area contributed by atoms with Crippen LogP contribution in [-0.4, -0.2) is 22.6 Å². The molecule has 0 bridgehead atoms. The van der Waals surface area contributed by atoms with Crippen LogP contribution in [0.3, 0.4) is 0 Å². The highest BCUT2D eigenvalue weighted by Gasteiger charge is 2.46. The number of carbonyl (C=O) groups is 3. The average molecular weight is 397 g/mol. The van der Waals surface area contributed by atoms with Gasteiger partial charge in [0.1, 0.15) is 5.76 Å². The Labute approximate surface area is 173 Å². The summed E-state index contributed by atoms with van der Waals surface area (Å²) >= 11 is 0. The highest BCUT2D eigenvalue weighted by molar-refractivity contribution is 6.51. The number of benzene rings is 3. The normalized spacial score (nSPS) is 17.9. The Balaban J connectivity index is 1.91. The Morgan fingerprint density at radius 2 is 1.37 bits per heavy atom. The third kappa shape index (κ3) is 3.31. The zero-order valence-corrected chi connectivity index (χ0v) is 16.3. The lowest BCUT2D eigenvalue weighted by atomic mass is 9.95. The van der Waals surface area contributed by atoms with Crippen LogP contribution in [-0.2, 0) is 9.59 Å². The molecule has 5 nitrogen and oxygen atoms in total. The summed E-state index contributed by atoms with van der Waals surface area (Å²) in [6, 6.07) is 23.5. The molecule has 0 aliphatic carbocycles. The second-order valence-electron chi connectivity index (χ2n) is 7.05. The number of anilines is 1. The van der Waals surface area contributed by atoms with E-state index < -0.39 is 17.7 Å². The second-order valence-corrected chi connectivity index (χ2v) is 7.05. The Kier molecular flexibility index (Phi) is 5.02. The van der Waals surface area contributed by atoms with Gasteiger partial charge in [0.15, 0.2) is 5.78 Å². The monoisotopic (exact) mass is 397 g/mol. The molecule has 1 amide bonds. The number of aliphatic hydroxyl groups excluding tert-OH is 1. The van der Waals surface area contributed by atoms with Gasteiger partial charge in [-0.25, -0.2) is 0 Å². The summed E-state index contributed by atoms with van der Waals surface area (Å²) in [4.78, 5) is 39.0. The summed E-state index contributed by atoms with van der Waals surface area (Å²) < 4.78 is 0. The first-order valence-electron chi connectivity index (χ1n) is 9.51. The summed E-state index contributed by atoms with van der Waals surface area (Å²) in [7, 11) is 0. The topological polar surface area (TPSA) is 74.7 Å². The van der Waals surface area contributed by atoms with E-state index in [1.165, 1.54) is 11.8 Å². The molecule has 1 unspecified atom stereocenters. The largest absolute Gasteiger partial charge is 0.507 e. The van der Waals surface area contributed by atoms with Crippen molar-refractivity contribution < 1.29 is 19.5 Å². The van der Waals surface area contributed by atoms with Crippen LogP contribution in [0.15, 0.2) is 90.5 Å². The van der Waals surface area contributed by atoms with Crippen molar-refractivity contribution in [3.63, 3.8) is 0 Å². The third-order valence-electron chi connectivity index (χ3n) is 5.16. The van der Waals surface area contributed by atoms with Crippen LogP contribution in [0.5, 0.6) is 0 Å². The lowest BCUT2D eigenvalue weighted by Crippen LogP contribution is -2.29. The Bertz CT molecular complexity index is 1150. The van der Waals surface area contributed by atoms with E-state index in [9.17, 15) is 19.5 Å². The molecule has 1 saturated heterocycles. The number of nitrogens with zero attached hydrogens (tertiary/aromatic N) is 1. The number of rotatable bonds is 4. The first-order chi connectivity index (χ1) is 14.5. The van der Waals surface area contributed by atoms with Gasteiger partial charge in [-0.05, 0) is 36.8 Å². The van der Waals surface area contributed by atoms with Gasteiger partial charge in [-0.2, -0.15) is 0 Å². The Hall–Kier alpha value is -3.99. The van der Waals surface area contributed by atoms with Crippen molar-refractivity contribution in [2.45, 2.75) is 13.0 Å². The van der Waals surface area contributed by atoms with Crippen LogP contribution in [0.1, 0.15) is 34.5 Å². The summed E-state index contributed by atoms with van der Waals surface area (Å²) in [5.74, 6) is -1.78. The standard InChI is InChI=1S/C25H19NO4/c1-16(27)17-12-14-20(15-13-17)26-22(18-8-4-2-5-9-18)21(24(29)25(26)30)23(28)19-10-6-3-7-11-19/h2-15,22,28H,1H3. The molecule has 1 aliphatic heterocycles. The second kappa shape index (κ2) is 7.79. The first-order valence-corrected chi connectivity index (χ1v) is 9.51. The van der Waals surface area contributed by atoms with Gasteiger partial charge in [0.2, 0.25) is 0 Å². The van der Waals surface area contributed by atoms with Crippen molar-refractivity contribution in [2.75, 3.05) is 4.90 Å². The predicted molar refractivity (Wildman–Crippen MR) is 114 cm³/mol. The number of carbonyl (C=O) groups excluding carboxylic acids is 3. The average Bonchev–Trinajstić information content (AvgIpc) is 3.05. The van der Waals surface area contributed by atoms with Crippen molar-refractivity contribution >= 4 is 28.9 Å². The van der Waals surface area contributed by atoms with Crippen LogP contribution in [0, 0.1) is 0 Å². The van der Waals surface area contributed by atoms with Crippen molar-refractivity contribution in [3.05, 3.63) is 107 Å². The molecule has 1 atom stereocenters. The molecule has 4 rings (SSSR count). The number of hydrogen-bond donors (Lipinski definition) is 1. The highest BCUT2D eigenvalue weighted by atomic mass is 16.3. The Morgan fingerprint density at radius 1 is 0.800 bits per heavy atom. The highest BCUT2D eigenvalue weighted by Crippen LogP contribution is 2.42. The molecule has 1 aliphatic rings. The minimum atomic E-state index is -0.783. The smallest absolute Gasteiger partial charge is 0.300 e. The maximum Gasteiger partial charge on any atom is 0.300 e. The molecule has 1 N–H and O–H groups in total.